The number of benzene rings is 2. The molecule has 2 aromatic rings. The van der Waals surface area contributed by atoms with Gasteiger partial charge in [-0.25, -0.2) is 0 Å². The molecule has 2 aromatic carbocycles. The van der Waals surface area contributed by atoms with Crippen LogP contribution in [0.25, 0.3) is 0 Å². The van der Waals surface area contributed by atoms with E-state index in [1.54, 1.807) is 7.05 Å². The Labute approximate surface area is 247 Å². The summed E-state index contributed by atoms with van der Waals surface area (Å²) in [6.45, 7) is 8.60. The van der Waals surface area contributed by atoms with Gasteiger partial charge in [0.1, 0.15) is 0 Å². The Morgan fingerprint density at radius 2 is 1.41 bits per heavy atom. The number of rotatable bonds is 14. The summed E-state index contributed by atoms with van der Waals surface area (Å²) in [7, 11) is 1.75. The van der Waals surface area contributed by atoms with Crippen LogP contribution in [0.2, 0.25) is 0 Å². The van der Waals surface area contributed by atoms with Crippen LogP contribution in [-0.4, -0.2) is 43.3 Å². The van der Waals surface area contributed by atoms with Crippen molar-refractivity contribution in [1.82, 2.24) is 16.0 Å². The van der Waals surface area contributed by atoms with Crippen molar-refractivity contribution >= 4 is 17.6 Å². The highest BCUT2D eigenvalue weighted by molar-refractivity contribution is 5.91. The lowest BCUT2D eigenvalue weighted by Crippen LogP contribution is -2.51. The Morgan fingerprint density at radius 1 is 0.854 bits per heavy atom. The predicted octanol–water partition coefficient (Wildman–Crippen LogP) is 6.01. The Kier molecular flexibility index (Phi) is 12.6. The highest BCUT2D eigenvalue weighted by Gasteiger charge is 2.34. The second-order valence-electron chi connectivity index (χ2n) is 12.8. The summed E-state index contributed by atoms with van der Waals surface area (Å²) in [6, 6.07) is 19.8. The van der Waals surface area contributed by atoms with Gasteiger partial charge in [0.25, 0.3) is 0 Å². The molecule has 0 heterocycles. The van der Waals surface area contributed by atoms with Gasteiger partial charge in [0.2, 0.25) is 11.8 Å². The van der Waals surface area contributed by atoms with E-state index in [-0.39, 0.29) is 46.8 Å². The summed E-state index contributed by atoms with van der Waals surface area (Å²) in [6.07, 6.45) is 6.96. The Balaban J connectivity index is 1.64. The molecule has 2 amide bonds. The number of amides is 2. The van der Waals surface area contributed by atoms with E-state index in [2.05, 4.69) is 61.0 Å². The molecule has 1 fully saturated rings. The number of Topliss-reactive ketones (excluding diaryl/α,β-unsaturated/α-hetero) is 1. The first-order valence-corrected chi connectivity index (χ1v) is 15.5. The van der Waals surface area contributed by atoms with E-state index in [4.69, 9.17) is 0 Å². The average Bonchev–Trinajstić information content (AvgIpc) is 2.98. The van der Waals surface area contributed by atoms with Gasteiger partial charge >= 0.3 is 0 Å². The fourth-order valence-electron chi connectivity index (χ4n) is 6.06. The molecular weight excluding hydrogens is 510 g/mol. The molecule has 0 radical (unpaired) electrons. The van der Waals surface area contributed by atoms with E-state index < -0.39 is 6.04 Å². The maximum absolute atomic E-state index is 13.6. The number of ketones is 1. The van der Waals surface area contributed by atoms with Crippen molar-refractivity contribution < 1.29 is 14.4 Å². The van der Waals surface area contributed by atoms with Crippen LogP contribution in [0.1, 0.15) is 96.1 Å². The number of nitrogens with one attached hydrogen (secondary N) is 3. The molecule has 0 bridgehead atoms. The zero-order valence-electron chi connectivity index (χ0n) is 25.7. The van der Waals surface area contributed by atoms with E-state index in [0.29, 0.717) is 25.8 Å². The van der Waals surface area contributed by atoms with E-state index in [1.165, 1.54) is 17.5 Å². The third kappa shape index (κ3) is 9.81. The molecule has 1 saturated carbocycles. The molecule has 3 N–H and O–H groups in total. The lowest BCUT2D eigenvalue weighted by Gasteiger charge is -2.32. The minimum atomic E-state index is -0.446. The largest absolute Gasteiger partial charge is 0.355 e. The van der Waals surface area contributed by atoms with Crippen LogP contribution in [0.3, 0.4) is 0 Å². The monoisotopic (exact) mass is 561 g/mol. The van der Waals surface area contributed by atoms with Gasteiger partial charge < -0.3 is 16.0 Å². The Bertz CT molecular complexity index is 1050. The predicted molar refractivity (Wildman–Crippen MR) is 167 cm³/mol. The Morgan fingerprint density at radius 3 is 1.93 bits per heavy atom. The summed E-state index contributed by atoms with van der Waals surface area (Å²) >= 11 is 0. The summed E-state index contributed by atoms with van der Waals surface area (Å²) in [4.78, 5) is 39.8. The number of hydrogen-bond donors (Lipinski definition) is 3. The van der Waals surface area contributed by atoms with E-state index in [9.17, 15) is 14.4 Å². The third-order valence-electron chi connectivity index (χ3n) is 8.75. The minimum absolute atomic E-state index is 0.0294. The maximum atomic E-state index is 13.6. The zero-order chi connectivity index (χ0) is 29.8. The molecule has 41 heavy (non-hydrogen) atoms. The van der Waals surface area contributed by atoms with Crippen molar-refractivity contribution in [2.75, 3.05) is 13.6 Å². The molecule has 6 nitrogen and oxygen atoms in total. The molecule has 3 atom stereocenters. The first-order chi connectivity index (χ1) is 19.6. The van der Waals surface area contributed by atoms with E-state index in [1.807, 2.05) is 43.3 Å². The molecule has 0 aromatic heterocycles. The van der Waals surface area contributed by atoms with Crippen LogP contribution in [0.5, 0.6) is 0 Å². The summed E-state index contributed by atoms with van der Waals surface area (Å²) in [5.41, 5.74) is 2.09. The summed E-state index contributed by atoms with van der Waals surface area (Å²) in [5, 5.41) is 9.29. The molecule has 1 aliphatic rings. The van der Waals surface area contributed by atoms with E-state index in [0.717, 1.165) is 25.7 Å². The summed E-state index contributed by atoms with van der Waals surface area (Å²) in [5.74, 6) is 0.0169. The molecule has 0 aliphatic heterocycles. The highest BCUT2D eigenvalue weighted by Crippen LogP contribution is 2.32. The van der Waals surface area contributed by atoms with Crippen LogP contribution in [0, 0.1) is 17.3 Å². The van der Waals surface area contributed by atoms with Crippen LogP contribution in [-0.2, 0) is 14.4 Å². The van der Waals surface area contributed by atoms with Gasteiger partial charge in [-0.3, -0.25) is 14.4 Å². The topological polar surface area (TPSA) is 87.3 Å². The first kappa shape index (κ1) is 32.5. The zero-order valence-corrected chi connectivity index (χ0v) is 25.7. The summed E-state index contributed by atoms with van der Waals surface area (Å²) < 4.78 is 0. The van der Waals surface area contributed by atoms with Crippen LogP contribution in [0.4, 0.5) is 0 Å². The second kappa shape index (κ2) is 15.9. The number of carbonyl (C=O) groups is 3. The van der Waals surface area contributed by atoms with Crippen molar-refractivity contribution in [1.29, 1.82) is 0 Å². The Hall–Kier alpha value is -2.99. The van der Waals surface area contributed by atoms with E-state index >= 15 is 0 Å². The maximum Gasteiger partial charge on any atom is 0.237 e. The van der Waals surface area contributed by atoms with Gasteiger partial charge in [0.15, 0.2) is 5.78 Å². The molecular formula is C35H51N3O3. The van der Waals surface area contributed by atoms with Gasteiger partial charge in [0, 0.05) is 24.8 Å². The number of hydrogen-bond acceptors (Lipinski definition) is 4. The van der Waals surface area contributed by atoms with Gasteiger partial charge in [-0.05, 0) is 62.1 Å². The fourth-order valence-corrected chi connectivity index (χ4v) is 6.06. The van der Waals surface area contributed by atoms with Crippen molar-refractivity contribution in [3.63, 3.8) is 0 Å². The molecule has 6 heteroatoms. The standard InChI is InChI=1S/C35H51N3O3/c1-25(36-5)33(40)38-32(28-20-13-8-14-21-28)31(39)23-15-22-30(35(2,3)4)34(41)37-24-29(26-16-9-6-10-17-26)27-18-11-7-12-19-27/h6-7,9-12,16-19,25,28-30,32,36H,8,13-15,20-24H2,1-5H3,(H,37,41)(H,38,40)/t25-,30+,32+/m1/s1. The second-order valence-corrected chi connectivity index (χ2v) is 12.8. The van der Waals surface area contributed by atoms with Crippen molar-refractivity contribution in [3.05, 3.63) is 71.8 Å². The molecule has 1 aliphatic carbocycles. The molecule has 0 unspecified atom stereocenters. The smallest absolute Gasteiger partial charge is 0.237 e. The SMILES string of the molecule is CN[C@H](C)C(=O)N[C@H](C(=O)CCC[C@@H](C(=O)NCC(c1ccccc1)c1ccccc1)C(C)(C)C)C1CCCCC1. The van der Waals surface area contributed by atoms with Crippen LogP contribution in [0.15, 0.2) is 60.7 Å². The number of likely N-dealkylation sites (N-methyl/N-ethyl adjacent to an activating group) is 1. The van der Waals surface area contributed by atoms with Crippen molar-refractivity contribution in [2.24, 2.45) is 17.3 Å². The fraction of sp³-hybridized carbons (Fsp3) is 0.571. The van der Waals surface area contributed by atoms with Gasteiger partial charge in [-0.15, -0.1) is 0 Å². The lowest BCUT2D eigenvalue weighted by molar-refractivity contribution is -0.131. The molecule has 0 saturated heterocycles. The first-order valence-electron chi connectivity index (χ1n) is 15.5. The van der Waals surface area contributed by atoms with Crippen LogP contribution < -0.4 is 16.0 Å². The minimum Gasteiger partial charge on any atom is -0.355 e. The lowest BCUT2D eigenvalue weighted by atomic mass is 9.76. The molecule has 0 spiro atoms. The van der Waals surface area contributed by atoms with Gasteiger partial charge in [-0.2, -0.15) is 0 Å². The molecule has 3 rings (SSSR count). The van der Waals surface area contributed by atoms with Crippen LogP contribution >= 0.6 is 0 Å². The normalized spacial score (nSPS) is 16.5. The van der Waals surface area contributed by atoms with Crippen molar-refractivity contribution in [2.45, 2.75) is 97.1 Å². The van der Waals surface area contributed by atoms with Crippen molar-refractivity contribution in [3.8, 4) is 0 Å². The third-order valence-corrected chi connectivity index (χ3v) is 8.75. The average molecular weight is 562 g/mol. The van der Waals surface area contributed by atoms with Gasteiger partial charge in [-0.1, -0.05) is 101 Å². The van der Waals surface area contributed by atoms with Gasteiger partial charge in [0.05, 0.1) is 12.1 Å². The number of carbonyl (C=O) groups excluding carboxylic acids is 3. The highest BCUT2D eigenvalue weighted by atomic mass is 16.2. The quantitative estimate of drug-likeness (QED) is 0.264. The molecule has 224 valence electrons.